The average Bonchev–Trinajstić information content (AvgIpc) is 2.77. The van der Waals surface area contributed by atoms with Crippen molar-refractivity contribution in [3.05, 3.63) is 41.8 Å². The molecule has 2 rings (SSSR count). The molecule has 18 heavy (non-hydrogen) atoms. The number of hydrogen-bond acceptors (Lipinski definition) is 5. The van der Waals surface area contributed by atoms with Crippen LogP contribution in [0.25, 0.3) is 0 Å². The zero-order valence-corrected chi connectivity index (χ0v) is 10.6. The van der Waals surface area contributed by atoms with Crippen molar-refractivity contribution in [3.63, 3.8) is 0 Å². The number of aliphatic hydroxyl groups is 1. The van der Waals surface area contributed by atoms with Crippen molar-refractivity contribution in [2.24, 2.45) is 5.92 Å². The van der Waals surface area contributed by atoms with Crippen LogP contribution >= 0.6 is 0 Å². The first-order valence-corrected chi connectivity index (χ1v) is 6.04. The summed E-state index contributed by atoms with van der Waals surface area (Å²) < 4.78 is 5.11. The fourth-order valence-electron chi connectivity index (χ4n) is 1.52. The van der Waals surface area contributed by atoms with Gasteiger partial charge in [-0.25, -0.2) is 0 Å². The van der Waals surface area contributed by atoms with E-state index in [1.807, 2.05) is 32.0 Å². The van der Waals surface area contributed by atoms with Gasteiger partial charge in [-0.3, -0.25) is 4.98 Å². The fourth-order valence-corrected chi connectivity index (χ4v) is 1.52. The van der Waals surface area contributed by atoms with Gasteiger partial charge >= 0.3 is 0 Å². The van der Waals surface area contributed by atoms with Crippen LogP contribution in [0.4, 0.5) is 0 Å². The maximum atomic E-state index is 9.74. The highest BCUT2D eigenvalue weighted by Crippen LogP contribution is 2.10. The van der Waals surface area contributed by atoms with E-state index in [9.17, 15) is 5.11 Å². The number of pyridine rings is 1. The number of aromatic nitrogens is 3. The molecule has 0 fully saturated rings. The molecule has 0 aliphatic carbocycles. The topological polar surface area (TPSA) is 72.0 Å². The van der Waals surface area contributed by atoms with Crippen LogP contribution in [-0.4, -0.2) is 26.3 Å². The molecule has 2 aromatic rings. The first kappa shape index (κ1) is 12.7. The zero-order chi connectivity index (χ0) is 13.0. The first-order chi connectivity index (χ1) is 8.65. The summed E-state index contributed by atoms with van der Waals surface area (Å²) in [6.45, 7) is 3.91. The van der Waals surface area contributed by atoms with E-state index in [0.29, 0.717) is 24.6 Å². The van der Waals surface area contributed by atoms with Gasteiger partial charge < -0.3 is 9.63 Å². The van der Waals surface area contributed by atoms with Gasteiger partial charge in [-0.15, -0.1) is 0 Å². The molecule has 0 saturated carbocycles. The minimum absolute atomic E-state index is 0.177. The van der Waals surface area contributed by atoms with Crippen LogP contribution in [0, 0.1) is 5.92 Å². The third-order valence-corrected chi connectivity index (χ3v) is 2.73. The van der Waals surface area contributed by atoms with Gasteiger partial charge in [0.15, 0.2) is 5.82 Å². The molecule has 2 aromatic heterocycles. The number of rotatable bonds is 5. The minimum atomic E-state index is -0.451. The summed E-state index contributed by atoms with van der Waals surface area (Å²) in [7, 11) is 0. The first-order valence-electron chi connectivity index (χ1n) is 6.04. The molecule has 1 atom stereocenters. The van der Waals surface area contributed by atoms with Gasteiger partial charge in [-0.2, -0.15) is 4.98 Å². The van der Waals surface area contributed by atoms with Gasteiger partial charge in [-0.1, -0.05) is 25.1 Å². The summed E-state index contributed by atoms with van der Waals surface area (Å²) in [5.41, 5.74) is 0.897. The lowest BCUT2D eigenvalue weighted by molar-refractivity contribution is 0.116. The Kier molecular flexibility index (Phi) is 4.04. The van der Waals surface area contributed by atoms with Crippen LogP contribution in [0.15, 0.2) is 28.9 Å². The predicted octanol–water partition coefficient (Wildman–Crippen LogP) is 1.61. The van der Waals surface area contributed by atoms with Crippen molar-refractivity contribution in [2.75, 3.05) is 0 Å². The Bertz CT molecular complexity index is 482. The summed E-state index contributed by atoms with van der Waals surface area (Å²) in [5, 5.41) is 13.6. The quantitative estimate of drug-likeness (QED) is 0.869. The summed E-state index contributed by atoms with van der Waals surface area (Å²) in [5.74, 6) is 1.25. The van der Waals surface area contributed by atoms with Gasteiger partial charge in [0.1, 0.15) is 0 Å². The molecule has 0 bridgehead atoms. The van der Waals surface area contributed by atoms with Gasteiger partial charge in [0.2, 0.25) is 5.89 Å². The third-order valence-electron chi connectivity index (χ3n) is 2.73. The van der Waals surface area contributed by atoms with Gasteiger partial charge in [0.25, 0.3) is 0 Å². The Morgan fingerprint density at radius 3 is 2.83 bits per heavy atom. The Labute approximate surface area is 106 Å². The molecule has 0 aliphatic rings. The highest BCUT2D eigenvalue weighted by atomic mass is 16.5. The van der Waals surface area contributed by atoms with E-state index < -0.39 is 6.10 Å². The van der Waals surface area contributed by atoms with E-state index in [4.69, 9.17) is 4.52 Å². The molecule has 0 saturated heterocycles. The van der Waals surface area contributed by atoms with Crippen molar-refractivity contribution in [1.82, 2.24) is 15.1 Å². The van der Waals surface area contributed by atoms with Gasteiger partial charge in [-0.05, 0) is 18.1 Å². The van der Waals surface area contributed by atoms with E-state index >= 15 is 0 Å². The molecule has 0 spiro atoms. The van der Waals surface area contributed by atoms with Crippen LogP contribution in [0.3, 0.4) is 0 Å². The second kappa shape index (κ2) is 5.73. The van der Waals surface area contributed by atoms with Crippen LogP contribution in [-0.2, 0) is 12.8 Å². The third kappa shape index (κ3) is 3.37. The Morgan fingerprint density at radius 2 is 2.17 bits per heavy atom. The zero-order valence-electron chi connectivity index (χ0n) is 10.6. The van der Waals surface area contributed by atoms with E-state index in [0.717, 1.165) is 5.69 Å². The number of hydrogen-bond donors (Lipinski definition) is 1. The van der Waals surface area contributed by atoms with E-state index in [-0.39, 0.29) is 5.92 Å². The molecule has 0 aromatic carbocycles. The number of nitrogens with zero attached hydrogens (tertiary/aromatic N) is 3. The summed E-state index contributed by atoms with van der Waals surface area (Å²) in [6, 6.07) is 5.70. The fraction of sp³-hybridized carbons (Fsp3) is 0.462. The van der Waals surface area contributed by atoms with Crippen LogP contribution in [0.1, 0.15) is 31.3 Å². The molecule has 1 unspecified atom stereocenters. The molecule has 1 N–H and O–H groups in total. The molecule has 2 heterocycles. The molecule has 0 radical (unpaired) electrons. The predicted molar refractivity (Wildman–Crippen MR) is 65.9 cm³/mol. The Balaban J connectivity index is 1.98. The molecule has 5 nitrogen and oxygen atoms in total. The molecule has 0 amide bonds. The summed E-state index contributed by atoms with van der Waals surface area (Å²) in [4.78, 5) is 8.45. The van der Waals surface area contributed by atoms with Crippen molar-refractivity contribution >= 4 is 0 Å². The second-order valence-electron chi connectivity index (χ2n) is 4.62. The average molecular weight is 247 g/mol. The highest BCUT2D eigenvalue weighted by molar-refractivity contribution is 5.09. The molecule has 0 aliphatic heterocycles. The van der Waals surface area contributed by atoms with Crippen LogP contribution in [0.5, 0.6) is 0 Å². The summed E-state index contributed by atoms with van der Waals surface area (Å²) >= 11 is 0. The number of aliphatic hydroxyl groups excluding tert-OH is 1. The van der Waals surface area contributed by atoms with Crippen LogP contribution in [0.2, 0.25) is 0 Å². The van der Waals surface area contributed by atoms with Crippen molar-refractivity contribution in [1.29, 1.82) is 0 Å². The normalized spacial score (nSPS) is 12.9. The SMILES string of the molecule is CC(C)C(O)Cc1nc(Cc2ccccn2)no1. The lowest BCUT2D eigenvalue weighted by Crippen LogP contribution is -2.17. The molecule has 96 valence electrons. The largest absolute Gasteiger partial charge is 0.392 e. The lowest BCUT2D eigenvalue weighted by Gasteiger charge is -2.10. The van der Waals surface area contributed by atoms with E-state index in [2.05, 4.69) is 15.1 Å². The van der Waals surface area contributed by atoms with Gasteiger partial charge in [0, 0.05) is 11.9 Å². The lowest BCUT2D eigenvalue weighted by atomic mass is 10.0. The van der Waals surface area contributed by atoms with Crippen LogP contribution < -0.4 is 0 Å². The van der Waals surface area contributed by atoms with Crippen molar-refractivity contribution in [3.8, 4) is 0 Å². The molecule has 5 heteroatoms. The Hall–Kier alpha value is -1.75. The summed E-state index contributed by atoms with van der Waals surface area (Å²) in [6.07, 6.45) is 2.22. The molecular formula is C13H17N3O2. The standard InChI is InChI=1S/C13H17N3O2/c1-9(2)11(17)8-13-15-12(16-18-13)7-10-5-3-4-6-14-10/h3-6,9,11,17H,7-8H2,1-2H3. The smallest absolute Gasteiger partial charge is 0.229 e. The minimum Gasteiger partial charge on any atom is -0.392 e. The monoisotopic (exact) mass is 247 g/mol. The Morgan fingerprint density at radius 1 is 1.33 bits per heavy atom. The van der Waals surface area contributed by atoms with Crippen molar-refractivity contribution < 1.29 is 9.63 Å². The van der Waals surface area contributed by atoms with E-state index in [1.54, 1.807) is 6.20 Å². The maximum Gasteiger partial charge on any atom is 0.229 e. The second-order valence-corrected chi connectivity index (χ2v) is 4.62. The maximum absolute atomic E-state index is 9.74. The van der Waals surface area contributed by atoms with Crippen molar-refractivity contribution in [2.45, 2.75) is 32.8 Å². The highest BCUT2D eigenvalue weighted by Gasteiger charge is 2.15. The van der Waals surface area contributed by atoms with E-state index in [1.165, 1.54) is 0 Å². The van der Waals surface area contributed by atoms with Gasteiger partial charge in [0.05, 0.1) is 18.9 Å². The molecular weight excluding hydrogens is 230 g/mol.